The third-order valence-electron chi connectivity index (χ3n) is 16.8. The molecule has 3 rings (SSSR count). The zero-order chi connectivity index (χ0) is 61.3. The number of ketones is 1. The van der Waals surface area contributed by atoms with E-state index in [1.54, 1.807) is 0 Å². The molecule has 22 heteroatoms. The fraction of sp³-hybridized carbons (Fsp3) is 0.967. The third kappa shape index (κ3) is 27.3. The van der Waals surface area contributed by atoms with Crippen LogP contribution in [0.25, 0.3) is 0 Å². The van der Waals surface area contributed by atoms with Crippen molar-refractivity contribution >= 4 is 11.7 Å². The Bertz CT molecular complexity index is 1650. The molecule has 0 aromatic heterocycles. The van der Waals surface area contributed by atoms with E-state index in [1.165, 1.54) is 110 Å². The topological polar surface area (TPSA) is 365 Å². The summed E-state index contributed by atoms with van der Waals surface area (Å²) in [6, 6.07) is -1.63. The molecule has 3 saturated heterocycles. The van der Waals surface area contributed by atoms with Gasteiger partial charge in [-0.2, -0.15) is 0 Å². The molecular weight excluding hydrogens is 1080 g/mol. The number of carbonyl (C=O) groups is 2. The van der Waals surface area contributed by atoms with Gasteiger partial charge in [-0.05, 0) is 25.7 Å². The second-order valence-electron chi connectivity index (χ2n) is 24.4. The van der Waals surface area contributed by atoms with Crippen LogP contribution in [0.15, 0.2) is 0 Å². The lowest BCUT2D eigenvalue weighted by atomic mass is 9.96. The molecule has 0 radical (unpaired) electrons. The zero-order valence-corrected chi connectivity index (χ0v) is 50.7. The Balaban J connectivity index is 1.63. The van der Waals surface area contributed by atoms with Gasteiger partial charge in [-0.3, -0.25) is 9.59 Å². The van der Waals surface area contributed by atoms with Crippen molar-refractivity contribution in [3.05, 3.63) is 0 Å². The Morgan fingerprint density at radius 3 is 1.35 bits per heavy atom. The van der Waals surface area contributed by atoms with E-state index in [9.17, 15) is 76.0 Å². The quantitative estimate of drug-likeness (QED) is 0.0305. The highest BCUT2D eigenvalue weighted by atomic mass is 16.8. The van der Waals surface area contributed by atoms with Crippen LogP contribution in [0.3, 0.4) is 0 Å². The van der Waals surface area contributed by atoms with Crippen molar-refractivity contribution in [1.82, 2.24) is 5.32 Å². The van der Waals surface area contributed by atoms with Crippen LogP contribution in [0.1, 0.15) is 227 Å². The number of rotatable bonds is 47. The summed E-state index contributed by atoms with van der Waals surface area (Å²) in [7, 11) is 0. The van der Waals surface area contributed by atoms with E-state index in [4.69, 9.17) is 28.4 Å². The van der Waals surface area contributed by atoms with E-state index >= 15 is 0 Å². The van der Waals surface area contributed by atoms with Gasteiger partial charge >= 0.3 is 0 Å². The van der Waals surface area contributed by atoms with Crippen molar-refractivity contribution in [3.8, 4) is 0 Å². The van der Waals surface area contributed by atoms with Crippen molar-refractivity contribution in [2.24, 2.45) is 5.92 Å². The Morgan fingerprint density at radius 2 is 0.880 bits per heavy atom. The molecule has 14 N–H and O–H groups in total. The minimum absolute atomic E-state index is 0.00276. The molecule has 3 aliphatic rings. The Labute approximate surface area is 494 Å². The molecule has 0 spiro atoms. The maximum atomic E-state index is 13.6. The summed E-state index contributed by atoms with van der Waals surface area (Å²) in [5.41, 5.74) is 0. The summed E-state index contributed by atoms with van der Waals surface area (Å²) in [5, 5.41) is 143. The molecule has 3 heterocycles. The highest BCUT2D eigenvalue weighted by Gasteiger charge is 2.54. The number of Topliss-reactive ketones (excluding diaryl/α,β-unsaturated/α-hetero) is 1. The van der Waals surface area contributed by atoms with Crippen molar-refractivity contribution < 1.29 is 104 Å². The standard InChI is InChI=1S/C61H115NO21/c1-5-6-7-8-9-10-11-12-13-14-15-16-17-18-19-20-21-25-29-32-35-43(66)48(69)52(73)58(77)62-41(47(68)42(65)34-31-28-26-23-22-24-27-30-33-39(2)3)38-78-59-55(76)57(83-60-53(74)50(71)46(67)40(4)79-60)56(45(37-64)81-59)82-61-54(75)51(72)49(70)44(36-63)80-61/h39-47,49-57,59-61,63-68,70-76H,5-38H2,1-4H3,(H,62,77)/t40-,41+,42-,43-,44-,45-,46+,47+,49+,50+,51+,52-,53-,54-,55-,56-,57-,59-,60-,61+/m1/s1. The molecule has 3 aliphatic heterocycles. The van der Waals surface area contributed by atoms with E-state index < -0.39 is 154 Å². The molecule has 83 heavy (non-hydrogen) atoms. The molecule has 20 atom stereocenters. The smallest absolute Gasteiger partial charge is 0.257 e. The molecular formula is C61H115NO21. The van der Waals surface area contributed by atoms with Gasteiger partial charge < -0.3 is 100 Å². The van der Waals surface area contributed by atoms with Gasteiger partial charge in [0.05, 0.1) is 38.1 Å². The normalized spacial score (nSPS) is 30.5. The number of carbonyl (C=O) groups excluding carboxylic acids is 2. The van der Waals surface area contributed by atoms with Crippen LogP contribution >= 0.6 is 0 Å². The van der Waals surface area contributed by atoms with E-state index in [0.717, 1.165) is 70.6 Å². The number of hydrogen-bond donors (Lipinski definition) is 14. The first kappa shape index (κ1) is 75.6. The summed E-state index contributed by atoms with van der Waals surface area (Å²) >= 11 is 0. The molecule has 490 valence electrons. The Kier molecular flexibility index (Phi) is 39.3. The summed E-state index contributed by atoms with van der Waals surface area (Å²) in [5.74, 6) is -1.82. The molecule has 22 nitrogen and oxygen atoms in total. The molecule has 3 fully saturated rings. The summed E-state index contributed by atoms with van der Waals surface area (Å²) in [6.07, 6.45) is -1.02. The Hall–Kier alpha value is -1.62. The minimum Gasteiger partial charge on any atom is -0.394 e. The highest BCUT2D eigenvalue weighted by Crippen LogP contribution is 2.34. The fourth-order valence-electron chi connectivity index (χ4n) is 11.3. The number of aliphatic hydroxyl groups excluding tert-OH is 13. The average molecular weight is 1200 g/mol. The van der Waals surface area contributed by atoms with Crippen molar-refractivity contribution in [2.45, 2.75) is 349 Å². The van der Waals surface area contributed by atoms with Crippen LogP contribution in [0.5, 0.6) is 0 Å². The number of amides is 1. The molecule has 1 amide bonds. The van der Waals surface area contributed by atoms with E-state index in [0.29, 0.717) is 18.8 Å². The first-order valence-electron chi connectivity index (χ1n) is 32.2. The van der Waals surface area contributed by atoms with Crippen LogP contribution in [-0.2, 0) is 38.0 Å². The second-order valence-corrected chi connectivity index (χ2v) is 24.4. The zero-order valence-electron chi connectivity index (χ0n) is 50.7. The van der Waals surface area contributed by atoms with Crippen molar-refractivity contribution in [1.29, 1.82) is 0 Å². The van der Waals surface area contributed by atoms with Gasteiger partial charge in [0.15, 0.2) is 30.8 Å². The predicted molar refractivity (Wildman–Crippen MR) is 308 cm³/mol. The van der Waals surface area contributed by atoms with Gasteiger partial charge in [0.1, 0.15) is 79.4 Å². The monoisotopic (exact) mass is 1200 g/mol. The van der Waals surface area contributed by atoms with Crippen LogP contribution in [-0.4, -0.2) is 220 Å². The largest absolute Gasteiger partial charge is 0.394 e. The van der Waals surface area contributed by atoms with Crippen LogP contribution in [0.4, 0.5) is 0 Å². The molecule has 0 aromatic carbocycles. The number of unbranched alkanes of at least 4 members (excludes halogenated alkanes) is 26. The van der Waals surface area contributed by atoms with Crippen LogP contribution < -0.4 is 5.32 Å². The van der Waals surface area contributed by atoms with Crippen molar-refractivity contribution in [3.63, 3.8) is 0 Å². The predicted octanol–water partition coefficient (Wildman–Crippen LogP) is 3.75. The minimum atomic E-state index is -2.39. The molecule has 0 bridgehead atoms. The summed E-state index contributed by atoms with van der Waals surface area (Å²) in [6.45, 7) is 5.43. The highest BCUT2D eigenvalue weighted by molar-refractivity contribution is 6.05. The van der Waals surface area contributed by atoms with Gasteiger partial charge in [0.25, 0.3) is 5.91 Å². The maximum Gasteiger partial charge on any atom is 0.257 e. The average Bonchev–Trinajstić information content (AvgIpc) is 2.77. The SMILES string of the molecule is CCCCCCCCCCCCCCCCCCCCCC[C@@H](O)C(=O)[C@@H](O)C(=O)N[C@@H](CO[C@@H]1O[C@H](CO)[C@@H](O[C@@H]2O[C@H](CO)[C@H](O)[C@H](O)[C@H]2O)[C@H](O[C@H]2O[C@H](C)[C@H](O)[C@H](O)[C@H]2O)[C@H]1O)[C@H](O)[C@H](O)CCCCCCCCCCC(C)C. The van der Waals surface area contributed by atoms with E-state index in [2.05, 4.69) is 26.1 Å². The Morgan fingerprint density at radius 1 is 0.470 bits per heavy atom. The second kappa shape index (κ2) is 43.1. The third-order valence-corrected chi connectivity index (χ3v) is 16.8. The van der Waals surface area contributed by atoms with Crippen LogP contribution in [0.2, 0.25) is 0 Å². The van der Waals surface area contributed by atoms with Crippen LogP contribution in [0, 0.1) is 5.92 Å². The summed E-state index contributed by atoms with van der Waals surface area (Å²) < 4.78 is 34.9. The number of nitrogens with one attached hydrogen (secondary N) is 1. The maximum absolute atomic E-state index is 13.6. The van der Waals surface area contributed by atoms with Gasteiger partial charge in [-0.1, -0.05) is 207 Å². The molecule has 0 unspecified atom stereocenters. The van der Waals surface area contributed by atoms with Gasteiger partial charge in [0, 0.05) is 0 Å². The van der Waals surface area contributed by atoms with E-state index in [-0.39, 0.29) is 12.8 Å². The number of aliphatic hydroxyl groups is 13. The number of ether oxygens (including phenoxy) is 6. The molecule has 0 aromatic rings. The molecule has 0 saturated carbocycles. The van der Waals surface area contributed by atoms with E-state index in [1.807, 2.05) is 0 Å². The first-order chi connectivity index (χ1) is 39.8. The van der Waals surface area contributed by atoms with Gasteiger partial charge in [-0.25, -0.2) is 0 Å². The van der Waals surface area contributed by atoms with Gasteiger partial charge in [0.2, 0.25) is 0 Å². The lowest BCUT2D eigenvalue weighted by molar-refractivity contribution is -0.386. The lowest BCUT2D eigenvalue weighted by Crippen LogP contribution is -2.67. The first-order valence-corrected chi connectivity index (χ1v) is 32.2. The van der Waals surface area contributed by atoms with Crippen molar-refractivity contribution in [2.75, 3.05) is 19.8 Å². The number of hydrogen-bond acceptors (Lipinski definition) is 21. The summed E-state index contributed by atoms with van der Waals surface area (Å²) in [4.78, 5) is 26.9. The lowest BCUT2D eigenvalue weighted by Gasteiger charge is -2.49. The fourth-order valence-corrected chi connectivity index (χ4v) is 11.3. The van der Waals surface area contributed by atoms with Gasteiger partial charge in [-0.15, -0.1) is 0 Å². The molecule has 0 aliphatic carbocycles.